The number of ether oxygens (including phenoxy) is 4. The van der Waals surface area contributed by atoms with Crippen LogP contribution in [-0.4, -0.2) is 39.8 Å². The zero-order valence-electron chi connectivity index (χ0n) is 15.8. The van der Waals surface area contributed by atoms with Gasteiger partial charge in [0.1, 0.15) is 0 Å². The van der Waals surface area contributed by atoms with Crippen LogP contribution >= 0.6 is 0 Å². The van der Waals surface area contributed by atoms with Gasteiger partial charge < -0.3 is 24.3 Å². The number of carbonyl (C=O) groups is 2. The number of methoxy groups -OCH3 is 3. The van der Waals surface area contributed by atoms with Crippen molar-refractivity contribution >= 4 is 17.6 Å². The second kappa shape index (κ2) is 9.47. The van der Waals surface area contributed by atoms with Gasteiger partial charge in [-0.1, -0.05) is 12.1 Å². The maximum atomic E-state index is 12.1. The SMILES string of the molecule is COc1cc(CC(=O)OCC(=O)Nc2cccc(C)c2)cc(OC)c1OC. The van der Waals surface area contributed by atoms with Crippen molar-refractivity contribution in [2.75, 3.05) is 33.3 Å². The highest BCUT2D eigenvalue weighted by molar-refractivity contribution is 5.93. The van der Waals surface area contributed by atoms with Crippen molar-refractivity contribution in [2.24, 2.45) is 0 Å². The molecule has 0 saturated heterocycles. The molecule has 0 aliphatic rings. The highest BCUT2D eigenvalue weighted by atomic mass is 16.5. The summed E-state index contributed by atoms with van der Waals surface area (Å²) in [4.78, 5) is 24.0. The van der Waals surface area contributed by atoms with Crippen LogP contribution in [0.4, 0.5) is 5.69 Å². The summed E-state index contributed by atoms with van der Waals surface area (Å²) in [6, 6.07) is 10.7. The Morgan fingerprint density at radius 2 is 1.63 bits per heavy atom. The van der Waals surface area contributed by atoms with Crippen molar-refractivity contribution in [1.82, 2.24) is 0 Å². The van der Waals surface area contributed by atoms with Crippen LogP contribution in [0.2, 0.25) is 0 Å². The number of nitrogens with one attached hydrogen (secondary N) is 1. The van der Waals surface area contributed by atoms with Gasteiger partial charge in [-0.25, -0.2) is 0 Å². The molecule has 0 spiro atoms. The van der Waals surface area contributed by atoms with E-state index in [1.54, 1.807) is 18.2 Å². The Hall–Kier alpha value is -3.22. The zero-order valence-corrected chi connectivity index (χ0v) is 15.8. The van der Waals surface area contributed by atoms with E-state index in [0.29, 0.717) is 28.5 Å². The van der Waals surface area contributed by atoms with E-state index in [2.05, 4.69) is 5.32 Å². The second-order valence-corrected chi connectivity index (χ2v) is 5.79. The summed E-state index contributed by atoms with van der Waals surface area (Å²) in [6.45, 7) is 1.56. The number of amides is 1. The average molecular weight is 373 g/mol. The Kier molecular flexibility index (Phi) is 7.05. The number of rotatable bonds is 8. The number of anilines is 1. The molecule has 0 aliphatic heterocycles. The second-order valence-electron chi connectivity index (χ2n) is 5.79. The third kappa shape index (κ3) is 5.64. The molecule has 0 bridgehead atoms. The first-order chi connectivity index (χ1) is 13.0. The van der Waals surface area contributed by atoms with Crippen molar-refractivity contribution in [1.29, 1.82) is 0 Å². The molecule has 1 amide bonds. The topological polar surface area (TPSA) is 83.1 Å². The van der Waals surface area contributed by atoms with Crippen molar-refractivity contribution < 1.29 is 28.5 Å². The average Bonchev–Trinajstić information content (AvgIpc) is 2.65. The molecule has 27 heavy (non-hydrogen) atoms. The van der Waals surface area contributed by atoms with E-state index in [1.807, 2.05) is 25.1 Å². The minimum absolute atomic E-state index is 0.0333. The van der Waals surface area contributed by atoms with Gasteiger partial charge in [0.25, 0.3) is 5.91 Å². The minimum Gasteiger partial charge on any atom is -0.493 e. The minimum atomic E-state index is -0.538. The summed E-state index contributed by atoms with van der Waals surface area (Å²) in [5.74, 6) is 0.380. The zero-order chi connectivity index (χ0) is 19.8. The number of benzene rings is 2. The van der Waals surface area contributed by atoms with Crippen LogP contribution in [0.25, 0.3) is 0 Å². The third-order valence-electron chi connectivity index (χ3n) is 3.74. The monoisotopic (exact) mass is 373 g/mol. The van der Waals surface area contributed by atoms with E-state index in [4.69, 9.17) is 18.9 Å². The standard InChI is InChI=1S/C20H23NO6/c1-13-6-5-7-15(8-13)21-18(22)12-27-19(23)11-14-9-16(24-2)20(26-4)17(10-14)25-3/h5-10H,11-12H2,1-4H3,(H,21,22). The van der Waals surface area contributed by atoms with Crippen LogP contribution < -0.4 is 19.5 Å². The fourth-order valence-corrected chi connectivity index (χ4v) is 2.52. The molecule has 2 aromatic carbocycles. The Morgan fingerprint density at radius 3 is 2.19 bits per heavy atom. The molecule has 2 aromatic rings. The van der Waals surface area contributed by atoms with Gasteiger partial charge in [0, 0.05) is 5.69 Å². The number of aryl methyl sites for hydroxylation is 1. The van der Waals surface area contributed by atoms with E-state index >= 15 is 0 Å². The maximum Gasteiger partial charge on any atom is 0.310 e. The van der Waals surface area contributed by atoms with Crippen LogP contribution in [0, 0.1) is 6.92 Å². The molecule has 0 saturated carbocycles. The molecule has 7 heteroatoms. The van der Waals surface area contributed by atoms with E-state index in [-0.39, 0.29) is 13.0 Å². The van der Waals surface area contributed by atoms with Crippen LogP contribution in [0.5, 0.6) is 17.2 Å². The lowest BCUT2D eigenvalue weighted by Crippen LogP contribution is -2.21. The largest absolute Gasteiger partial charge is 0.493 e. The molecule has 0 unspecified atom stereocenters. The summed E-state index contributed by atoms with van der Waals surface area (Å²) in [5.41, 5.74) is 2.29. The highest BCUT2D eigenvalue weighted by Crippen LogP contribution is 2.38. The number of esters is 1. The van der Waals surface area contributed by atoms with Gasteiger partial charge in [-0.15, -0.1) is 0 Å². The molecular formula is C20H23NO6. The number of hydrogen-bond acceptors (Lipinski definition) is 6. The fraction of sp³-hybridized carbons (Fsp3) is 0.300. The predicted molar refractivity (Wildman–Crippen MR) is 101 cm³/mol. The van der Waals surface area contributed by atoms with Crippen molar-refractivity contribution in [2.45, 2.75) is 13.3 Å². The molecule has 2 rings (SSSR count). The molecule has 0 fully saturated rings. The maximum absolute atomic E-state index is 12.1. The van der Waals surface area contributed by atoms with Crippen LogP contribution in [-0.2, 0) is 20.7 Å². The number of hydrogen-bond donors (Lipinski definition) is 1. The predicted octanol–water partition coefficient (Wildman–Crippen LogP) is 2.75. The first-order valence-corrected chi connectivity index (χ1v) is 8.27. The normalized spacial score (nSPS) is 10.1. The lowest BCUT2D eigenvalue weighted by molar-refractivity contribution is -0.146. The first kappa shape index (κ1) is 20.1. The van der Waals surface area contributed by atoms with Crippen LogP contribution in [0.1, 0.15) is 11.1 Å². The lowest BCUT2D eigenvalue weighted by atomic mass is 10.1. The summed E-state index contributed by atoms with van der Waals surface area (Å²) in [6.07, 6.45) is -0.0333. The molecule has 0 aromatic heterocycles. The highest BCUT2D eigenvalue weighted by Gasteiger charge is 2.16. The van der Waals surface area contributed by atoms with Gasteiger partial charge in [0.15, 0.2) is 18.1 Å². The Labute approximate surface area is 158 Å². The number of carbonyl (C=O) groups excluding carboxylic acids is 2. The molecular weight excluding hydrogens is 350 g/mol. The van der Waals surface area contributed by atoms with E-state index < -0.39 is 11.9 Å². The van der Waals surface area contributed by atoms with E-state index in [9.17, 15) is 9.59 Å². The summed E-state index contributed by atoms with van der Waals surface area (Å²) in [7, 11) is 4.49. The van der Waals surface area contributed by atoms with Gasteiger partial charge >= 0.3 is 5.97 Å². The fourth-order valence-electron chi connectivity index (χ4n) is 2.52. The van der Waals surface area contributed by atoms with E-state index in [0.717, 1.165) is 5.56 Å². The molecule has 0 heterocycles. The Balaban J connectivity index is 1.94. The first-order valence-electron chi connectivity index (χ1n) is 8.27. The van der Waals surface area contributed by atoms with Gasteiger partial charge in [0.2, 0.25) is 5.75 Å². The summed E-state index contributed by atoms with van der Waals surface area (Å²) < 4.78 is 20.8. The Morgan fingerprint density at radius 1 is 0.963 bits per heavy atom. The van der Waals surface area contributed by atoms with Gasteiger partial charge in [0.05, 0.1) is 27.8 Å². The summed E-state index contributed by atoms with van der Waals surface area (Å²) in [5, 5.41) is 2.68. The molecule has 0 aliphatic carbocycles. The van der Waals surface area contributed by atoms with Gasteiger partial charge in [-0.2, -0.15) is 0 Å². The van der Waals surface area contributed by atoms with Crippen molar-refractivity contribution in [3.8, 4) is 17.2 Å². The molecule has 144 valence electrons. The Bertz CT molecular complexity index is 793. The smallest absolute Gasteiger partial charge is 0.310 e. The van der Waals surface area contributed by atoms with Gasteiger partial charge in [-0.05, 0) is 42.3 Å². The molecule has 7 nitrogen and oxygen atoms in total. The summed E-state index contributed by atoms with van der Waals surface area (Å²) >= 11 is 0. The third-order valence-corrected chi connectivity index (χ3v) is 3.74. The van der Waals surface area contributed by atoms with Crippen LogP contribution in [0.15, 0.2) is 36.4 Å². The molecule has 0 atom stereocenters. The van der Waals surface area contributed by atoms with Gasteiger partial charge in [-0.3, -0.25) is 9.59 Å². The molecule has 1 N–H and O–H groups in total. The lowest BCUT2D eigenvalue weighted by Gasteiger charge is -2.14. The van der Waals surface area contributed by atoms with Crippen molar-refractivity contribution in [3.63, 3.8) is 0 Å². The van der Waals surface area contributed by atoms with E-state index in [1.165, 1.54) is 21.3 Å². The van der Waals surface area contributed by atoms with Crippen LogP contribution in [0.3, 0.4) is 0 Å². The quantitative estimate of drug-likeness (QED) is 0.717. The molecule has 0 radical (unpaired) electrons. The van der Waals surface area contributed by atoms with Crippen molar-refractivity contribution in [3.05, 3.63) is 47.5 Å².